The predicted molar refractivity (Wildman–Crippen MR) is 79.5 cm³/mol. The molecule has 1 aromatic carbocycles. The van der Waals surface area contributed by atoms with E-state index >= 15 is 0 Å². The van der Waals surface area contributed by atoms with Crippen molar-refractivity contribution in [1.82, 2.24) is 5.32 Å². The molecule has 1 aliphatic carbocycles. The van der Waals surface area contributed by atoms with E-state index in [1.54, 1.807) is 0 Å². The second kappa shape index (κ2) is 7.17. The molecule has 1 saturated carbocycles. The molecule has 1 amide bonds. The third-order valence-electron chi connectivity index (χ3n) is 4.05. The number of nitriles is 1. The van der Waals surface area contributed by atoms with Crippen molar-refractivity contribution >= 4 is 12.0 Å². The quantitative estimate of drug-likeness (QED) is 0.685. The second-order valence-electron chi connectivity index (χ2n) is 5.69. The topological polar surface area (TPSA) is 52.9 Å². The van der Waals surface area contributed by atoms with Gasteiger partial charge in [-0.1, -0.05) is 25.8 Å². The number of rotatable bonds is 3. The second-order valence-corrected chi connectivity index (χ2v) is 5.69. The molecule has 1 aliphatic rings. The SMILES string of the molecule is CC1CCCCC1NC(=O)C(C#N)=Cc1ccc(F)c(F)c1. The normalized spacial score (nSPS) is 22.0. The minimum atomic E-state index is -1.01. The molecule has 0 aliphatic heterocycles. The van der Waals surface area contributed by atoms with E-state index < -0.39 is 17.5 Å². The Bertz CT molecular complexity index is 634. The van der Waals surface area contributed by atoms with Crippen molar-refractivity contribution in [3.05, 3.63) is 41.0 Å². The third-order valence-corrected chi connectivity index (χ3v) is 4.05. The van der Waals surface area contributed by atoms with E-state index in [-0.39, 0.29) is 17.2 Å². The molecule has 116 valence electrons. The summed E-state index contributed by atoms with van der Waals surface area (Å²) in [5.41, 5.74) is 0.172. The predicted octanol–water partition coefficient (Wildman–Crippen LogP) is 3.57. The van der Waals surface area contributed by atoms with Gasteiger partial charge in [-0.3, -0.25) is 4.79 Å². The van der Waals surface area contributed by atoms with Crippen molar-refractivity contribution in [2.24, 2.45) is 5.92 Å². The van der Waals surface area contributed by atoms with E-state index in [1.165, 1.54) is 12.1 Å². The molecule has 2 atom stereocenters. The lowest BCUT2D eigenvalue weighted by molar-refractivity contribution is -0.118. The maximum atomic E-state index is 13.2. The van der Waals surface area contributed by atoms with Crippen LogP contribution in [0.2, 0.25) is 0 Å². The van der Waals surface area contributed by atoms with Crippen LogP contribution in [-0.4, -0.2) is 11.9 Å². The lowest BCUT2D eigenvalue weighted by atomic mass is 9.86. The van der Waals surface area contributed by atoms with E-state index in [2.05, 4.69) is 12.2 Å². The molecule has 0 radical (unpaired) electrons. The summed E-state index contributed by atoms with van der Waals surface area (Å²) in [6.07, 6.45) is 5.44. The van der Waals surface area contributed by atoms with Gasteiger partial charge in [0.05, 0.1) is 0 Å². The first-order valence-electron chi connectivity index (χ1n) is 7.39. The van der Waals surface area contributed by atoms with Crippen molar-refractivity contribution in [2.75, 3.05) is 0 Å². The summed E-state index contributed by atoms with van der Waals surface area (Å²) in [6, 6.07) is 5.14. The minimum absolute atomic E-state index is 0.0583. The highest BCUT2D eigenvalue weighted by Gasteiger charge is 2.24. The van der Waals surface area contributed by atoms with Gasteiger partial charge in [-0.2, -0.15) is 5.26 Å². The zero-order chi connectivity index (χ0) is 16.1. The molecule has 22 heavy (non-hydrogen) atoms. The van der Waals surface area contributed by atoms with Crippen molar-refractivity contribution in [2.45, 2.75) is 38.6 Å². The van der Waals surface area contributed by atoms with Crippen LogP contribution in [-0.2, 0) is 4.79 Å². The summed E-state index contributed by atoms with van der Waals surface area (Å²) in [4.78, 5) is 12.2. The molecule has 0 heterocycles. The summed E-state index contributed by atoms with van der Waals surface area (Å²) >= 11 is 0. The van der Waals surface area contributed by atoms with E-state index in [0.717, 1.165) is 37.8 Å². The van der Waals surface area contributed by atoms with Crippen LogP contribution < -0.4 is 5.32 Å². The van der Waals surface area contributed by atoms with Gasteiger partial charge in [-0.15, -0.1) is 0 Å². The first kappa shape index (κ1) is 16.2. The molecule has 0 spiro atoms. The molecule has 5 heteroatoms. The average molecular weight is 304 g/mol. The summed E-state index contributed by atoms with van der Waals surface area (Å²) in [5.74, 6) is -2.06. The monoisotopic (exact) mass is 304 g/mol. The molecule has 1 aromatic rings. The number of carbonyl (C=O) groups excluding carboxylic acids is 1. The number of hydrogen-bond acceptors (Lipinski definition) is 2. The van der Waals surface area contributed by atoms with Gasteiger partial charge < -0.3 is 5.32 Å². The average Bonchev–Trinajstić information content (AvgIpc) is 2.50. The number of amides is 1. The Balaban J connectivity index is 2.13. The van der Waals surface area contributed by atoms with Crippen LogP contribution in [0.3, 0.4) is 0 Å². The Morgan fingerprint density at radius 2 is 2.05 bits per heavy atom. The number of benzene rings is 1. The third kappa shape index (κ3) is 3.91. The number of nitrogens with one attached hydrogen (secondary N) is 1. The van der Waals surface area contributed by atoms with Crippen LogP contribution in [0.1, 0.15) is 38.2 Å². The van der Waals surface area contributed by atoms with Crippen LogP contribution >= 0.6 is 0 Å². The molecule has 0 saturated heterocycles. The van der Waals surface area contributed by atoms with Gasteiger partial charge in [0.2, 0.25) is 0 Å². The Morgan fingerprint density at radius 3 is 2.68 bits per heavy atom. The van der Waals surface area contributed by atoms with Crippen molar-refractivity contribution in [1.29, 1.82) is 5.26 Å². The van der Waals surface area contributed by atoms with Gasteiger partial charge in [0.15, 0.2) is 11.6 Å². The molecule has 2 rings (SSSR count). The number of carbonyl (C=O) groups is 1. The Morgan fingerprint density at radius 1 is 1.32 bits per heavy atom. The lowest BCUT2D eigenvalue weighted by Gasteiger charge is -2.29. The van der Waals surface area contributed by atoms with Gasteiger partial charge in [-0.05, 0) is 42.5 Å². The molecular weight excluding hydrogens is 286 g/mol. The smallest absolute Gasteiger partial charge is 0.262 e. The van der Waals surface area contributed by atoms with Crippen LogP contribution in [0.25, 0.3) is 6.08 Å². The molecule has 0 bridgehead atoms. The fourth-order valence-electron chi connectivity index (χ4n) is 2.69. The first-order chi connectivity index (χ1) is 10.5. The highest BCUT2D eigenvalue weighted by molar-refractivity contribution is 6.01. The fraction of sp³-hybridized carbons (Fsp3) is 0.412. The van der Waals surface area contributed by atoms with Crippen molar-refractivity contribution in [3.8, 4) is 6.07 Å². The zero-order valence-electron chi connectivity index (χ0n) is 12.4. The Labute approximate surface area is 128 Å². The first-order valence-corrected chi connectivity index (χ1v) is 7.39. The van der Waals surface area contributed by atoms with Gasteiger partial charge in [0.1, 0.15) is 11.6 Å². The summed E-state index contributed by atoms with van der Waals surface area (Å²) in [6.45, 7) is 2.08. The summed E-state index contributed by atoms with van der Waals surface area (Å²) in [5, 5.41) is 12.0. The number of halogens is 2. The molecule has 3 nitrogen and oxygen atoms in total. The van der Waals surface area contributed by atoms with Gasteiger partial charge in [0.25, 0.3) is 5.91 Å². The summed E-state index contributed by atoms with van der Waals surface area (Å²) in [7, 11) is 0. The Kier molecular flexibility index (Phi) is 5.26. The number of hydrogen-bond donors (Lipinski definition) is 1. The van der Waals surface area contributed by atoms with Gasteiger partial charge in [-0.25, -0.2) is 8.78 Å². The zero-order valence-corrected chi connectivity index (χ0v) is 12.4. The summed E-state index contributed by atoms with van der Waals surface area (Å²) < 4.78 is 26.1. The van der Waals surface area contributed by atoms with E-state index in [4.69, 9.17) is 5.26 Å². The molecule has 0 aromatic heterocycles. The number of nitrogens with zero attached hydrogens (tertiary/aromatic N) is 1. The maximum absolute atomic E-state index is 13.2. The molecule has 2 unspecified atom stereocenters. The Hall–Kier alpha value is -2.22. The van der Waals surface area contributed by atoms with Gasteiger partial charge >= 0.3 is 0 Å². The molecule has 1 N–H and O–H groups in total. The van der Waals surface area contributed by atoms with E-state index in [1.807, 2.05) is 6.07 Å². The standard InChI is InChI=1S/C17H18F2N2O/c1-11-4-2-3-5-16(11)21-17(22)13(10-20)8-12-6-7-14(18)15(19)9-12/h6-9,11,16H,2-5H2,1H3,(H,21,22). The minimum Gasteiger partial charge on any atom is -0.348 e. The largest absolute Gasteiger partial charge is 0.348 e. The van der Waals surface area contributed by atoms with E-state index in [9.17, 15) is 13.6 Å². The van der Waals surface area contributed by atoms with Crippen molar-refractivity contribution < 1.29 is 13.6 Å². The van der Waals surface area contributed by atoms with Crippen molar-refractivity contribution in [3.63, 3.8) is 0 Å². The van der Waals surface area contributed by atoms with Crippen LogP contribution in [0.5, 0.6) is 0 Å². The highest BCUT2D eigenvalue weighted by Crippen LogP contribution is 2.24. The van der Waals surface area contributed by atoms with Crippen LogP contribution in [0.15, 0.2) is 23.8 Å². The van der Waals surface area contributed by atoms with E-state index in [0.29, 0.717) is 5.92 Å². The fourth-order valence-corrected chi connectivity index (χ4v) is 2.69. The highest BCUT2D eigenvalue weighted by atomic mass is 19.2. The maximum Gasteiger partial charge on any atom is 0.262 e. The van der Waals surface area contributed by atoms with Crippen LogP contribution in [0.4, 0.5) is 8.78 Å². The van der Waals surface area contributed by atoms with Gasteiger partial charge in [0, 0.05) is 6.04 Å². The van der Waals surface area contributed by atoms with Crippen LogP contribution in [0, 0.1) is 28.9 Å². The molecular formula is C17H18F2N2O. The lowest BCUT2D eigenvalue weighted by Crippen LogP contribution is -2.41. The molecule has 1 fully saturated rings.